The van der Waals surface area contributed by atoms with Gasteiger partial charge in [-0.15, -0.1) is 0 Å². The zero-order valence-corrected chi connectivity index (χ0v) is 12.7. The molecule has 0 aromatic heterocycles. The van der Waals surface area contributed by atoms with Crippen molar-refractivity contribution in [1.29, 1.82) is 0 Å². The van der Waals surface area contributed by atoms with Gasteiger partial charge in [0.25, 0.3) is 0 Å². The van der Waals surface area contributed by atoms with Crippen LogP contribution in [-0.4, -0.2) is 24.8 Å². The van der Waals surface area contributed by atoms with E-state index in [4.69, 9.17) is 15.5 Å². The molecule has 5 nitrogen and oxygen atoms in total. The zero-order valence-electron chi connectivity index (χ0n) is 12.7. The van der Waals surface area contributed by atoms with Gasteiger partial charge in [0.15, 0.2) is 0 Å². The van der Waals surface area contributed by atoms with Gasteiger partial charge in [0.05, 0.1) is 6.61 Å². The minimum Gasteiger partial charge on any atom is -0.444 e. The number of hydrogen-bond acceptors (Lipinski definition) is 4. The van der Waals surface area contributed by atoms with Gasteiger partial charge in [0, 0.05) is 12.0 Å². The summed E-state index contributed by atoms with van der Waals surface area (Å²) in [5, 5.41) is 2.77. The highest BCUT2D eigenvalue weighted by atomic mass is 16.6. The molecular formula is C13H28N2O3. The molecule has 0 aliphatic carbocycles. The lowest BCUT2D eigenvalue weighted by molar-refractivity contribution is -0.0161. The van der Waals surface area contributed by atoms with Crippen molar-refractivity contribution in [3.63, 3.8) is 0 Å². The molecule has 0 aromatic rings. The van der Waals surface area contributed by atoms with Crippen LogP contribution in [0.25, 0.3) is 0 Å². The van der Waals surface area contributed by atoms with Gasteiger partial charge >= 0.3 is 6.09 Å². The highest BCUT2D eigenvalue weighted by Crippen LogP contribution is 2.37. The van der Waals surface area contributed by atoms with Crippen molar-refractivity contribution in [2.24, 2.45) is 16.7 Å². The molecule has 1 amide bonds. The molecule has 0 rings (SSSR count). The fourth-order valence-corrected chi connectivity index (χ4v) is 1.30. The summed E-state index contributed by atoms with van der Waals surface area (Å²) in [6, 6.07) is 0. The van der Waals surface area contributed by atoms with Crippen LogP contribution in [0.1, 0.15) is 48.5 Å². The van der Waals surface area contributed by atoms with Crippen molar-refractivity contribution in [2.75, 3.05) is 13.2 Å². The van der Waals surface area contributed by atoms with E-state index in [-0.39, 0.29) is 10.8 Å². The third kappa shape index (κ3) is 5.69. The number of hydrogen-bond donors (Lipinski definition) is 2. The average molecular weight is 260 g/mol. The van der Waals surface area contributed by atoms with Crippen molar-refractivity contribution in [3.8, 4) is 0 Å². The standard InChI is InChI=1S/C13H28N2O3/c1-11(2,3)13(7,9-17-14)8-15-10(16)18-12(4,5)6/h8-9,14H2,1-7H3,(H,15,16). The predicted molar refractivity (Wildman–Crippen MR) is 71.9 cm³/mol. The Balaban J connectivity index is 4.51. The maximum atomic E-state index is 11.6. The molecule has 0 aliphatic heterocycles. The number of rotatable bonds is 4. The van der Waals surface area contributed by atoms with Gasteiger partial charge in [-0.2, -0.15) is 0 Å². The molecule has 5 heteroatoms. The van der Waals surface area contributed by atoms with Gasteiger partial charge in [-0.05, 0) is 26.2 Å². The number of ether oxygens (including phenoxy) is 1. The second-order valence-electron chi connectivity index (χ2n) is 6.98. The normalized spacial score (nSPS) is 16.0. The van der Waals surface area contributed by atoms with E-state index in [0.29, 0.717) is 13.2 Å². The van der Waals surface area contributed by atoms with Crippen LogP contribution in [0.2, 0.25) is 0 Å². The fourth-order valence-electron chi connectivity index (χ4n) is 1.30. The first kappa shape index (κ1) is 17.2. The second kappa shape index (κ2) is 5.89. The highest BCUT2D eigenvalue weighted by Gasteiger charge is 2.38. The van der Waals surface area contributed by atoms with E-state index in [1.54, 1.807) is 0 Å². The van der Waals surface area contributed by atoms with E-state index in [2.05, 4.69) is 26.1 Å². The van der Waals surface area contributed by atoms with E-state index in [1.807, 2.05) is 27.7 Å². The summed E-state index contributed by atoms with van der Waals surface area (Å²) in [6.07, 6.45) is -0.421. The highest BCUT2D eigenvalue weighted by molar-refractivity contribution is 5.67. The van der Waals surface area contributed by atoms with Crippen molar-refractivity contribution in [2.45, 2.75) is 54.1 Å². The molecule has 1 atom stereocenters. The molecule has 0 aromatic carbocycles. The lowest BCUT2D eigenvalue weighted by atomic mass is 9.68. The summed E-state index contributed by atoms with van der Waals surface area (Å²) >= 11 is 0. The molecule has 0 saturated carbocycles. The number of carbonyl (C=O) groups is 1. The molecule has 3 N–H and O–H groups in total. The molecule has 0 saturated heterocycles. The zero-order chi connectivity index (χ0) is 14.6. The molecule has 1 unspecified atom stereocenters. The Morgan fingerprint density at radius 1 is 1.11 bits per heavy atom. The summed E-state index contributed by atoms with van der Waals surface area (Å²) in [6.45, 7) is 14.6. The van der Waals surface area contributed by atoms with Crippen LogP contribution in [0, 0.1) is 10.8 Å². The van der Waals surface area contributed by atoms with Crippen LogP contribution in [0.4, 0.5) is 4.79 Å². The lowest BCUT2D eigenvalue weighted by Crippen LogP contribution is -2.48. The molecule has 0 bridgehead atoms. The van der Waals surface area contributed by atoms with Crippen LogP contribution in [0.3, 0.4) is 0 Å². The summed E-state index contributed by atoms with van der Waals surface area (Å²) in [7, 11) is 0. The van der Waals surface area contributed by atoms with Gasteiger partial charge in [-0.25, -0.2) is 10.7 Å². The quantitative estimate of drug-likeness (QED) is 0.761. The van der Waals surface area contributed by atoms with E-state index in [9.17, 15) is 4.79 Å². The maximum Gasteiger partial charge on any atom is 0.407 e. The van der Waals surface area contributed by atoms with Crippen molar-refractivity contribution < 1.29 is 14.4 Å². The Morgan fingerprint density at radius 2 is 1.61 bits per heavy atom. The van der Waals surface area contributed by atoms with Crippen LogP contribution < -0.4 is 11.2 Å². The van der Waals surface area contributed by atoms with Crippen molar-refractivity contribution >= 4 is 6.09 Å². The first-order chi connectivity index (χ1) is 7.91. The Morgan fingerprint density at radius 3 is 1.94 bits per heavy atom. The number of carbonyl (C=O) groups excluding carboxylic acids is 1. The third-order valence-corrected chi connectivity index (χ3v) is 3.23. The van der Waals surface area contributed by atoms with E-state index < -0.39 is 11.7 Å². The van der Waals surface area contributed by atoms with Gasteiger partial charge in [-0.3, -0.25) is 0 Å². The molecule has 0 spiro atoms. The van der Waals surface area contributed by atoms with Crippen LogP contribution in [-0.2, 0) is 9.57 Å². The minimum atomic E-state index is -0.493. The molecule has 0 heterocycles. The maximum absolute atomic E-state index is 11.6. The number of amides is 1. The smallest absolute Gasteiger partial charge is 0.407 e. The van der Waals surface area contributed by atoms with Crippen molar-refractivity contribution in [3.05, 3.63) is 0 Å². The third-order valence-electron chi connectivity index (χ3n) is 3.23. The van der Waals surface area contributed by atoms with E-state index in [1.165, 1.54) is 0 Å². The number of nitrogens with two attached hydrogens (primary N) is 1. The predicted octanol–water partition coefficient (Wildman–Crippen LogP) is 2.45. The Labute approximate surface area is 110 Å². The Kier molecular flexibility index (Phi) is 5.62. The van der Waals surface area contributed by atoms with Crippen LogP contribution in [0.5, 0.6) is 0 Å². The molecular weight excluding hydrogens is 232 g/mol. The largest absolute Gasteiger partial charge is 0.444 e. The SMILES string of the molecule is CC(C)(C)OC(=O)NCC(C)(CON)C(C)(C)C. The molecule has 0 fully saturated rings. The second-order valence-corrected chi connectivity index (χ2v) is 6.98. The fraction of sp³-hybridized carbons (Fsp3) is 0.923. The van der Waals surface area contributed by atoms with Gasteiger partial charge in [0.2, 0.25) is 0 Å². The van der Waals surface area contributed by atoms with Gasteiger partial charge in [-0.1, -0.05) is 27.7 Å². The number of alkyl carbamates (subject to hydrolysis) is 1. The molecule has 0 radical (unpaired) electrons. The van der Waals surface area contributed by atoms with Crippen molar-refractivity contribution in [1.82, 2.24) is 5.32 Å². The van der Waals surface area contributed by atoms with E-state index in [0.717, 1.165) is 0 Å². The summed E-state index contributed by atoms with van der Waals surface area (Å²) in [5.74, 6) is 5.18. The lowest BCUT2D eigenvalue weighted by Gasteiger charge is -2.41. The van der Waals surface area contributed by atoms with Gasteiger partial charge in [0.1, 0.15) is 5.60 Å². The van der Waals surface area contributed by atoms with E-state index >= 15 is 0 Å². The molecule has 108 valence electrons. The summed E-state index contributed by atoms with van der Waals surface area (Å²) in [5.41, 5.74) is -0.813. The molecule has 0 aliphatic rings. The number of nitrogens with one attached hydrogen (secondary N) is 1. The Hall–Kier alpha value is -0.810. The minimum absolute atomic E-state index is 0.0542. The first-order valence-corrected chi connectivity index (χ1v) is 6.20. The summed E-state index contributed by atoms with van der Waals surface area (Å²) in [4.78, 5) is 16.4. The van der Waals surface area contributed by atoms with Crippen LogP contribution >= 0.6 is 0 Å². The van der Waals surface area contributed by atoms with Crippen LogP contribution in [0.15, 0.2) is 0 Å². The monoisotopic (exact) mass is 260 g/mol. The first-order valence-electron chi connectivity index (χ1n) is 6.20. The average Bonchev–Trinajstić information content (AvgIpc) is 2.10. The summed E-state index contributed by atoms with van der Waals surface area (Å²) < 4.78 is 5.20. The molecule has 18 heavy (non-hydrogen) atoms. The topological polar surface area (TPSA) is 73.6 Å². The van der Waals surface area contributed by atoms with Gasteiger partial charge < -0.3 is 14.9 Å². The Bertz CT molecular complexity index is 279.